The molecule has 0 aromatic heterocycles. The fraction of sp³-hybridized carbons (Fsp3) is 0.455. The van der Waals surface area contributed by atoms with Crippen LogP contribution in [0.15, 0.2) is 60.7 Å². The molecule has 2 aromatic rings. The van der Waals surface area contributed by atoms with Crippen LogP contribution in [0.1, 0.15) is 40.0 Å². The Kier molecular flexibility index (Phi) is 6.62. The van der Waals surface area contributed by atoms with Gasteiger partial charge in [-0.05, 0) is 54.9 Å². The van der Waals surface area contributed by atoms with Crippen molar-refractivity contribution >= 4 is 7.82 Å². The molecular formula is C22H29O4P. The van der Waals surface area contributed by atoms with E-state index < -0.39 is 7.82 Å². The summed E-state index contributed by atoms with van der Waals surface area (Å²) in [5, 5.41) is 0. The van der Waals surface area contributed by atoms with Crippen molar-refractivity contribution in [1.82, 2.24) is 0 Å². The van der Waals surface area contributed by atoms with Gasteiger partial charge in [0.05, 0.1) is 6.10 Å². The Morgan fingerprint density at radius 1 is 0.889 bits per heavy atom. The van der Waals surface area contributed by atoms with Crippen LogP contribution in [0.5, 0.6) is 11.5 Å². The lowest BCUT2D eigenvalue weighted by molar-refractivity contribution is 0.0268. The summed E-state index contributed by atoms with van der Waals surface area (Å²) < 4.78 is 31.3. The Balaban J connectivity index is 1.85. The highest BCUT2D eigenvalue weighted by Gasteiger charge is 2.40. The largest absolute Gasteiger partial charge is 0.587 e. The molecule has 146 valence electrons. The lowest BCUT2D eigenvalue weighted by Crippen LogP contribution is -2.34. The molecule has 0 N–H and O–H groups in total. The Labute approximate surface area is 162 Å². The molecule has 3 rings (SSSR count). The third-order valence-corrected chi connectivity index (χ3v) is 6.54. The van der Waals surface area contributed by atoms with Gasteiger partial charge >= 0.3 is 7.82 Å². The van der Waals surface area contributed by atoms with Gasteiger partial charge in [-0.3, -0.25) is 4.52 Å². The van der Waals surface area contributed by atoms with Crippen LogP contribution < -0.4 is 9.05 Å². The average molecular weight is 388 g/mol. The highest BCUT2D eigenvalue weighted by atomic mass is 31.2. The Morgan fingerprint density at radius 2 is 1.41 bits per heavy atom. The summed E-state index contributed by atoms with van der Waals surface area (Å²) in [6.07, 6.45) is 2.96. The molecule has 0 amide bonds. The highest BCUT2D eigenvalue weighted by molar-refractivity contribution is 7.49. The Bertz CT molecular complexity index is 702. The standard InChI is InChI=1S/C22H29O4P/c1-17(2)21-15-14-18(3)16-22(21)26-27(23,24-19-10-6-4-7-11-19)25-20-12-8-5-9-13-20/h4-13,17-18,21-22H,14-16H2,1-3H3/t18-,21+,22-/m1/s1. The molecule has 27 heavy (non-hydrogen) atoms. The first-order valence-electron chi connectivity index (χ1n) is 9.73. The van der Waals surface area contributed by atoms with E-state index in [1.165, 1.54) is 6.42 Å². The molecule has 0 saturated heterocycles. The fourth-order valence-electron chi connectivity index (χ4n) is 3.68. The van der Waals surface area contributed by atoms with E-state index in [0.29, 0.717) is 29.3 Å². The lowest BCUT2D eigenvalue weighted by atomic mass is 9.75. The van der Waals surface area contributed by atoms with Crippen molar-refractivity contribution in [3.05, 3.63) is 60.7 Å². The molecule has 5 heteroatoms. The van der Waals surface area contributed by atoms with Crippen molar-refractivity contribution in [2.45, 2.75) is 46.1 Å². The first-order chi connectivity index (χ1) is 13.0. The van der Waals surface area contributed by atoms with Crippen molar-refractivity contribution in [3.8, 4) is 11.5 Å². The molecule has 1 fully saturated rings. The van der Waals surface area contributed by atoms with E-state index in [0.717, 1.165) is 12.8 Å². The molecular weight excluding hydrogens is 359 g/mol. The SMILES string of the molecule is CC(C)[C@@H]1CC[C@@H](C)C[C@H]1OP(=O)(Oc1ccccc1)Oc1ccccc1. The summed E-state index contributed by atoms with van der Waals surface area (Å²) >= 11 is 0. The van der Waals surface area contributed by atoms with Crippen LogP contribution in [0.3, 0.4) is 0 Å². The van der Waals surface area contributed by atoms with Gasteiger partial charge in [-0.2, -0.15) is 0 Å². The summed E-state index contributed by atoms with van der Waals surface area (Å²) in [7, 11) is -3.84. The van der Waals surface area contributed by atoms with Crippen LogP contribution in [0.4, 0.5) is 0 Å². The molecule has 4 nitrogen and oxygen atoms in total. The maximum Gasteiger partial charge on any atom is 0.587 e. The molecule has 0 aliphatic heterocycles. The monoisotopic (exact) mass is 388 g/mol. The van der Waals surface area contributed by atoms with Gasteiger partial charge in [-0.1, -0.05) is 63.6 Å². The highest BCUT2D eigenvalue weighted by Crippen LogP contribution is 2.53. The summed E-state index contributed by atoms with van der Waals surface area (Å²) in [5.41, 5.74) is 0. The molecule has 0 heterocycles. The van der Waals surface area contributed by atoms with E-state index in [-0.39, 0.29) is 6.10 Å². The Hall–Kier alpha value is -1.77. The van der Waals surface area contributed by atoms with Crippen molar-refractivity contribution in [3.63, 3.8) is 0 Å². The summed E-state index contributed by atoms with van der Waals surface area (Å²) in [6.45, 7) is 6.60. The van der Waals surface area contributed by atoms with Gasteiger partial charge in [0.25, 0.3) is 0 Å². The van der Waals surface area contributed by atoms with Crippen LogP contribution in [0.25, 0.3) is 0 Å². The van der Waals surface area contributed by atoms with E-state index >= 15 is 0 Å². The maximum atomic E-state index is 13.6. The first kappa shape index (κ1) is 20.0. The summed E-state index contributed by atoms with van der Waals surface area (Å²) in [5.74, 6) is 2.27. The minimum atomic E-state index is -3.84. The van der Waals surface area contributed by atoms with Crippen molar-refractivity contribution in [2.24, 2.45) is 17.8 Å². The fourth-order valence-corrected chi connectivity index (χ4v) is 5.14. The number of phosphoric acid groups is 1. The molecule has 0 radical (unpaired) electrons. The van der Waals surface area contributed by atoms with Crippen LogP contribution in [-0.4, -0.2) is 6.10 Å². The van der Waals surface area contributed by atoms with Crippen LogP contribution in [0.2, 0.25) is 0 Å². The van der Waals surface area contributed by atoms with Crippen LogP contribution >= 0.6 is 7.82 Å². The predicted molar refractivity (Wildman–Crippen MR) is 108 cm³/mol. The minimum Gasteiger partial charge on any atom is -0.395 e. The predicted octanol–water partition coefficient (Wildman–Crippen LogP) is 6.73. The van der Waals surface area contributed by atoms with E-state index in [2.05, 4.69) is 20.8 Å². The zero-order valence-corrected chi connectivity index (χ0v) is 17.2. The molecule has 1 saturated carbocycles. The molecule has 3 atom stereocenters. The van der Waals surface area contributed by atoms with Crippen molar-refractivity contribution in [1.29, 1.82) is 0 Å². The molecule has 0 unspecified atom stereocenters. The summed E-state index contributed by atoms with van der Waals surface area (Å²) in [4.78, 5) is 0. The van der Waals surface area contributed by atoms with E-state index in [4.69, 9.17) is 13.6 Å². The number of phosphoric ester groups is 1. The van der Waals surface area contributed by atoms with Gasteiger partial charge in [-0.25, -0.2) is 4.57 Å². The van der Waals surface area contributed by atoms with Crippen LogP contribution in [-0.2, 0) is 9.09 Å². The van der Waals surface area contributed by atoms with Crippen molar-refractivity contribution < 1.29 is 18.1 Å². The second-order valence-corrected chi connectivity index (χ2v) is 9.20. The molecule has 1 aliphatic rings. The normalized spacial score (nSPS) is 23.2. The van der Waals surface area contributed by atoms with Crippen molar-refractivity contribution in [2.75, 3.05) is 0 Å². The zero-order valence-electron chi connectivity index (χ0n) is 16.3. The molecule has 1 aliphatic carbocycles. The zero-order chi connectivity index (χ0) is 19.3. The number of benzene rings is 2. The van der Waals surface area contributed by atoms with Gasteiger partial charge in [0.15, 0.2) is 0 Å². The topological polar surface area (TPSA) is 44.8 Å². The van der Waals surface area contributed by atoms with E-state index in [9.17, 15) is 4.57 Å². The summed E-state index contributed by atoms with van der Waals surface area (Å²) in [6, 6.07) is 18.1. The van der Waals surface area contributed by atoms with Crippen LogP contribution in [0, 0.1) is 17.8 Å². The van der Waals surface area contributed by atoms with E-state index in [1.54, 1.807) is 24.3 Å². The average Bonchev–Trinajstić information content (AvgIpc) is 2.62. The van der Waals surface area contributed by atoms with Gasteiger partial charge < -0.3 is 9.05 Å². The van der Waals surface area contributed by atoms with Gasteiger partial charge in [0.1, 0.15) is 11.5 Å². The van der Waals surface area contributed by atoms with Gasteiger partial charge in [0.2, 0.25) is 0 Å². The van der Waals surface area contributed by atoms with E-state index in [1.807, 2.05) is 36.4 Å². The first-order valence-corrected chi connectivity index (χ1v) is 11.2. The molecule has 0 spiro atoms. The Morgan fingerprint density at radius 3 is 1.89 bits per heavy atom. The maximum absolute atomic E-state index is 13.6. The minimum absolute atomic E-state index is 0.146. The quantitative estimate of drug-likeness (QED) is 0.493. The second-order valence-electron chi connectivity index (χ2n) is 7.73. The third-order valence-electron chi connectivity index (χ3n) is 5.15. The van der Waals surface area contributed by atoms with Gasteiger partial charge in [-0.15, -0.1) is 0 Å². The lowest BCUT2D eigenvalue weighted by Gasteiger charge is -2.37. The smallest absolute Gasteiger partial charge is 0.395 e. The van der Waals surface area contributed by atoms with Gasteiger partial charge in [0, 0.05) is 0 Å². The number of rotatable bonds is 7. The second kappa shape index (κ2) is 8.95. The molecule has 0 bridgehead atoms. The number of hydrogen-bond donors (Lipinski definition) is 0. The third kappa shape index (κ3) is 5.60. The number of para-hydroxylation sites is 2. The number of hydrogen-bond acceptors (Lipinski definition) is 4. The molecule has 2 aromatic carbocycles.